The summed E-state index contributed by atoms with van der Waals surface area (Å²) in [5.74, 6) is -0.534. The molecule has 1 N–H and O–H groups in total. The Morgan fingerprint density at radius 2 is 1.72 bits per heavy atom. The van der Waals surface area contributed by atoms with E-state index in [4.69, 9.17) is 4.74 Å². The van der Waals surface area contributed by atoms with E-state index in [0.29, 0.717) is 18.2 Å². The fourth-order valence-corrected chi connectivity index (χ4v) is 8.03. The van der Waals surface area contributed by atoms with Gasteiger partial charge in [0.05, 0.1) is 11.8 Å². The predicted molar refractivity (Wildman–Crippen MR) is 178 cm³/mol. The van der Waals surface area contributed by atoms with E-state index < -0.39 is 26.6 Å². The van der Waals surface area contributed by atoms with Crippen molar-refractivity contribution in [1.29, 1.82) is 0 Å². The van der Waals surface area contributed by atoms with Crippen molar-refractivity contribution in [1.82, 2.24) is 28.4 Å². The number of fused-ring (bicyclic) bond motifs is 1. The molecule has 7 rings (SSSR count). The van der Waals surface area contributed by atoms with Crippen molar-refractivity contribution in [2.45, 2.75) is 37.5 Å². The third-order valence-corrected chi connectivity index (χ3v) is 11.0. The number of hydrogen-bond donors (Lipinski definition) is 1. The molecule has 1 saturated carbocycles. The van der Waals surface area contributed by atoms with E-state index in [0.717, 1.165) is 54.4 Å². The minimum absolute atomic E-state index is 0.125. The number of benzene rings is 2. The van der Waals surface area contributed by atoms with Crippen molar-refractivity contribution in [2.24, 2.45) is 0 Å². The monoisotopic (exact) mass is 658 g/mol. The Labute approximate surface area is 271 Å². The molecule has 12 nitrogen and oxygen atoms in total. The summed E-state index contributed by atoms with van der Waals surface area (Å²) in [5, 5.41) is 3.13. The molecular weight excluding hydrogens is 623 g/mol. The molecular formula is C33H35FN8O4S. The molecule has 1 saturated heterocycles. The summed E-state index contributed by atoms with van der Waals surface area (Å²) >= 11 is 0. The number of piperazine rings is 1. The van der Waals surface area contributed by atoms with Crippen molar-refractivity contribution >= 4 is 38.4 Å². The lowest BCUT2D eigenvalue weighted by Gasteiger charge is -2.34. The number of imidazole rings is 1. The van der Waals surface area contributed by atoms with Gasteiger partial charge >= 0.3 is 0 Å². The summed E-state index contributed by atoms with van der Waals surface area (Å²) in [6, 6.07) is 15.2. The van der Waals surface area contributed by atoms with Gasteiger partial charge in [0.25, 0.3) is 5.56 Å². The van der Waals surface area contributed by atoms with Crippen molar-refractivity contribution in [3.8, 4) is 11.5 Å². The highest BCUT2D eigenvalue weighted by molar-refractivity contribution is 7.90. The van der Waals surface area contributed by atoms with Gasteiger partial charge in [0.1, 0.15) is 11.5 Å². The predicted octanol–water partition coefficient (Wildman–Crippen LogP) is 4.58. The SMILES string of the molecule is CN1CCN(c2ccc(Nc3ncc4cc(Oc5ccccc5F)c(=O)n(Cc5nccn5S(=O)(=O)C5CCCC5)c4n3)cc2)CC1. The van der Waals surface area contributed by atoms with Crippen LogP contribution in [0.15, 0.2) is 78.0 Å². The van der Waals surface area contributed by atoms with Gasteiger partial charge in [-0.25, -0.2) is 26.7 Å². The molecule has 0 amide bonds. The maximum atomic E-state index is 14.5. The van der Waals surface area contributed by atoms with Crippen LogP contribution in [0.4, 0.5) is 21.7 Å². The summed E-state index contributed by atoms with van der Waals surface area (Å²) < 4.78 is 49.8. The Morgan fingerprint density at radius 1 is 0.979 bits per heavy atom. The fraction of sp³-hybridized carbons (Fsp3) is 0.333. The normalized spacial score (nSPS) is 16.2. The minimum atomic E-state index is -3.73. The van der Waals surface area contributed by atoms with Gasteiger partial charge in [-0.15, -0.1) is 0 Å². The minimum Gasteiger partial charge on any atom is -0.448 e. The number of likely N-dealkylation sites (N-methyl/N-ethyl adjacent to an activating group) is 1. The zero-order chi connectivity index (χ0) is 32.5. The second-order valence-corrected chi connectivity index (χ2v) is 14.0. The Balaban J connectivity index is 1.24. The number of nitrogens with one attached hydrogen (secondary N) is 1. The van der Waals surface area contributed by atoms with E-state index in [1.54, 1.807) is 6.07 Å². The van der Waals surface area contributed by atoms with E-state index in [1.165, 1.54) is 47.4 Å². The zero-order valence-corrected chi connectivity index (χ0v) is 26.7. The van der Waals surface area contributed by atoms with Gasteiger partial charge in [0.15, 0.2) is 17.3 Å². The van der Waals surface area contributed by atoms with Crippen molar-refractivity contribution < 1.29 is 17.5 Å². The first-order valence-corrected chi connectivity index (χ1v) is 17.2. The summed E-state index contributed by atoms with van der Waals surface area (Å²) in [4.78, 5) is 32.1. The van der Waals surface area contributed by atoms with Gasteiger partial charge in [0, 0.05) is 61.5 Å². The van der Waals surface area contributed by atoms with Gasteiger partial charge in [-0.2, -0.15) is 4.98 Å². The molecule has 2 aromatic carbocycles. The van der Waals surface area contributed by atoms with Crippen LogP contribution >= 0.6 is 0 Å². The number of aromatic nitrogens is 5. The van der Waals surface area contributed by atoms with Crippen LogP contribution < -0.4 is 20.5 Å². The average molecular weight is 659 g/mol. The molecule has 14 heteroatoms. The van der Waals surface area contributed by atoms with Crippen LogP contribution in [0.25, 0.3) is 11.0 Å². The van der Waals surface area contributed by atoms with E-state index >= 15 is 0 Å². The van der Waals surface area contributed by atoms with Gasteiger partial charge < -0.3 is 19.9 Å². The van der Waals surface area contributed by atoms with Crippen LogP contribution in [0.5, 0.6) is 11.5 Å². The molecule has 0 radical (unpaired) electrons. The molecule has 5 aromatic rings. The standard InChI is InChI=1S/C33H35FN8O4S/c1-39-16-18-40(19-17-39)25-12-10-24(11-13-25)37-33-36-21-23-20-29(46-28-9-5-4-8-27(28)34)32(43)41(31(23)38-33)22-30-35-14-15-42(30)47(44,45)26-6-2-3-7-26/h4-5,8-15,20-21,26H,2-3,6-7,16-19,22H2,1H3,(H,36,37,38). The number of para-hydroxylation sites is 1. The number of anilines is 3. The van der Waals surface area contributed by atoms with Gasteiger partial charge in [-0.3, -0.25) is 9.36 Å². The molecule has 0 spiro atoms. The van der Waals surface area contributed by atoms with Crippen molar-refractivity contribution in [2.75, 3.05) is 43.4 Å². The molecule has 0 bridgehead atoms. The van der Waals surface area contributed by atoms with E-state index in [2.05, 4.69) is 37.1 Å². The quantitative estimate of drug-likeness (QED) is 0.240. The Kier molecular flexibility index (Phi) is 8.37. The lowest BCUT2D eigenvalue weighted by molar-refractivity contribution is 0.313. The first-order chi connectivity index (χ1) is 22.8. The van der Waals surface area contributed by atoms with Crippen LogP contribution in [0.1, 0.15) is 31.5 Å². The third-order valence-electron chi connectivity index (χ3n) is 8.82. The number of rotatable bonds is 9. The average Bonchev–Trinajstić information content (AvgIpc) is 3.79. The number of nitrogens with zero attached hydrogens (tertiary/aromatic N) is 7. The lowest BCUT2D eigenvalue weighted by Crippen LogP contribution is -2.44. The topological polar surface area (TPSA) is 127 Å². The largest absolute Gasteiger partial charge is 0.448 e. The Morgan fingerprint density at radius 3 is 2.47 bits per heavy atom. The number of hydrogen-bond acceptors (Lipinski definition) is 10. The van der Waals surface area contributed by atoms with Crippen LogP contribution in [-0.2, 0) is 16.6 Å². The van der Waals surface area contributed by atoms with Crippen molar-refractivity contribution in [3.05, 3.63) is 95.2 Å². The Bertz CT molecular complexity index is 2070. The van der Waals surface area contributed by atoms with Gasteiger partial charge in [0.2, 0.25) is 16.0 Å². The molecule has 0 unspecified atom stereocenters. The van der Waals surface area contributed by atoms with Gasteiger partial charge in [-0.1, -0.05) is 25.0 Å². The smallest absolute Gasteiger partial charge is 0.295 e. The highest BCUT2D eigenvalue weighted by atomic mass is 32.2. The number of pyridine rings is 1. The summed E-state index contributed by atoms with van der Waals surface area (Å²) in [6.45, 7) is 3.70. The van der Waals surface area contributed by atoms with E-state index in [9.17, 15) is 17.6 Å². The van der Waals surface area contributed by atoms with Crippen LogP contribution in [0, 0.1) is 5.82 Å². The van der Waals surface area contributed by atoms with Crippen LogP contribution in [0.2, 0.25) is 0 Å². The van der Waals surface area contributed by atoms with Crippen molar-refractivity contribution in [3.63, 3.8) is 0 Å². The van der Waals surface area contributed by atoms with Gasteiger partial charge in [-0.05, 0) is 62.4 Å². The van der Waals surface area contributed by atoms with E-state index in [1.807, 2.05) is 24.3 Å². The molecule has 244 valence electrons. The maximum absolute atomic E-state index is 14.5. The second kappa shape index (κ2) is 12.8. The van der Waals surface area contributed by atoms with Crippen LogP contribution in [0.3, 0.4) is 0 Å². The number of halogens is 1. The molecule has 2 fully saturated rings. The molecule has 4 heterocycles. The highest BCUT2D eigenvalue weighted by Gasteiger charge is 2.32. The molecule has 47 heavy (non-hydrogen) atoms. The van der Waals surface area contributed by atoms with Crippen LogP contribution in [-0.4, -0.2) is 75.3 Å². The molecule has 1 aliphatic heterocycles. The maximum Gasteiger partial charge on any atom is 0.295 e. The molecule has 2 aliphatic rings. The molecule has 0 atom stereocenters. The van der Waals surface area contributed by atoms with E-state index in [-0.39, 0.29) is 35.5 Å². The Hall–Kier alpha value is -4.82. The second-order valence-electron chi connectivity index (χ2n) is 12.0. The fourth-order valence-electron chi connectivity index (χ4n) is 6.16. The zero-order valence-electron chi connectivity index (χ0n) is 25.9. The number of ether oxygens (including phenoxy) is 1. The summed E-state index contributed by atoms with van der Waals surface area (Å²) in [6.07, 6.45) is 7.19. The first kappa shape index (κ1) is 30.8. The first-order valence-electron chi connectivity index (χ1n) is 15.7. The molecule has 1 aliphatic carbocycles. The lowest BCUT2D eigenvalue weighted by atomic mass is 10.2. The summed E-state index contributed by atoms with van der Waals surface area (Å²) in [5.41, 5.74) is 1.49. The molecule has 3 aromatic heterocycles. The highest BCUT2D eigenvalue weighted by Crippen LogP contribution is 2.29. The third kappa shape index (κ3) is 6.30. The summed E-state index contributed by atoms with van der Waals surface area (Å²) in [7, 11) is -1.61.